The molecule has 116 valence electrons. The molecule has 3 rings (SSSR count). The number of carbonyl (C=O) groups is 1. The summed E-state index contributed by atoms with van der Waals surface area (Å²) in [6.45, 7) is 3.60. The molecule has 7 heteroatoms. The summed E-state index contributed by atoms with van der Waals surface area (Å²) in [7, 11) is 0. The van der Waals surface area contributed by atoms with Crippen molar-refractivity contribution >= 4 is 39.9 Å². The summed E-state index contributed by atoms with van der Waals surface area (Å²) in [5.74, 6) is 0.588. The molecule has 0 radical (unpaired) electrons. The summed E-state index contributed by atoms with van der Waals surface area (Å²) in [5, 5.41) is 7.55. The predicted octanol–water partition coefficient (Wildman–Crippen LogP) is 1.19. The maximum Gasteiger partial charge on any atom is 0.238 e. The highest BCUT2D eigenvalue weighted by Gasteiger charge is 2.16. The van der Waals surface area contributed by atoms with Gasteiger partial charge in [0.1, 0.15) is 5.82 Å². The van der Waals surface area contributed by atoms with Gasteiger partial charge in [-0.15, -0.1) is 0 Å². The zero-order valence-corrected chi connectivity index (χ0v) is 12.9. The monoisotopic (exact) mass is 319 g/mol. The molecule has 1 aromatic carbocycles. The van der Waals surface area contributed by atoms with Crippen LogP contribution in [0.2, 0.25) is 5.02 Å². The summed E-state index contributed by atoms with van der Waals surface area (Å²) in [4.78, 5) is 18.2. The molecule has 2 heterocycles. The second-order valence-corrected chi connectivity index (χ2v) is 5.60. The molecule has 0 atom stereocenters. The fourth-order valence-corrected chi connectivity index (χ4v) is 2.81. The van der Waals surface area contributed by atoms with Crippen LogP contribution in [0.3, 0.4) is 0 Å². The first-order valence-corrected chi connectivity index (χ1v) is 7.61. The molecule has 2 aromatic rings. The number of benzene rings is 1. The largest absolute Gasteiger partial charge is 0.353 e. The summed E-state index contributed by atoms with van der Waals surface area (Å²) in [6, 6.07) is 7.44. The standard InChI is InChI=1S/C15H18ClN5O/c16-12-8-10-7-11(19-14(22)9-17)1-2-13(10)20-15(12)21-5-3-18-4-6-21/h1-2,7-8,18H,3-6,9,17H2,(H,19,22). The van der Waals surface area contributed by atoms with Crippen LogP contribution < -0.4 is 21.3 Å². The molecule has 0 bridgehead atoms. The van der Waals surface area contributed by atoms with E-state index in [2.05, 4.69) is 20.5 Å². The van der Waals surface area contributed by atoms with Gasteiger partial charge in [0.25, 0.3) is 0 Å². The highest BCUT2D eigenvalue weighted by molar-refractivity contribution is 6.33. The van der Waals surface area contributed by atoms with E-state index in [4.69, 9.17) is 17.3 Å². The van der Waals surface area contributed by atoms with Gasteiger partial charge in [-0.1, -0.05) is 11.6 Å². The molecule has 4 N–H and O–H groups in total. The van der Waals surface area contributed by atoms with Crippen molar-refractivity contribution in [2.45, 2.75) is 0 Å². The molecule has 0 spiro atoms. The first-order valence-electron chi connectivity index (χ1n) is 7.23. The van der Waals surface area contributed by atoms with Gasteiger partial charge in [0, 0.05) is 37.3 Å². The Morgan fingerprint density at radius 3 is 2.86 bits per heavy atom. The Kier molecular flexibility index (Phi) is 4.42. The minimum Gasteiger partial charge on any atom is -0.353 e. The van der Waals surface area contributed by atoms with E-state index < -0.39 is 0 Å². The van der Waals surface area contributed by atoms with Gasteiger partial charge in [0.05, 0.1) is 17.1 Å². The van der Waals surface area contributed by atoms with Gasteiger partial charge in [-0.05, 0) is 24.3 Å². The molecular formula is C15H18ClN5O. The lowest BCUT2D eigenvalue weighted by atomic mass is 10.2. The van der Waals surface area contributed by atoms with Gasteiger partial charge in [-0.2, -0.15) is 0 Å². The molecule has 1 amide bonds. The number of amides is 1. The Balaban J connectivity index is 1.93. The highest BCUT2D eigenvalue weighted by atomic mass is 35.5. The van der Waals surface area contributed by atoms with Crippen molar-refractivity contribution in [3.05, 3.63) is 29.3 Å². The minimum atomic E-state index is -0.226. The third kappa shape index (κ3) is 3.14. The van der Waals surface area contributed by atoms with Crippen LogP contribution in [-0.2, 0) is 4.79 Å². The normalized spacial score (nSPS) is 15.1. The van der Waals surface area contributed by atoms with Crippen LogP contribution in [-0.4, -0.2) is 43.6 Å². The first kappa shape index (κ1) is 15.0. The Morgan fingerprint density at radius 2 is 2.14 bits per heavy atom. The number of hydrogen-bond acceptors (Lipinski definition) is 5. The molecule has 22 heavy (non-hydrogen) atoms. The third-order valence-corrected chi connectivity index (χ3v) is 3.91. The smallest absolute Gasteiger partial charge is 0.238 e. The first-order chi connectivity index (χ1) is 10.7. The van der Waals surface area contributed by atoms with E-state index in [9.17, 15) is 4.79 Å². The molecule has 0 unspecified atom stereocenters. The molecule has 0 aliphatic carbocycles. The number of nitrogens with zero attached hydrogens (tertiary/aromatic N) is 2. The predicted molar refractivity (Wildman–Crippen MR) is 89.5 cm³/mol. The quantitative estimate of drug-likeness (QED) is 0.791. The average molecular weight is 320 g/mol. The maximum atomic E-state index is 11.4. The van der Waals surface area contributed by atoms with Crippen molar-refractivity contribution < 1.29 is 4.79 Å². The molecule has 6 nitrogen and oxygen atoms in total. The maximum absolute atomic E-state index is 11.4. The zero-order valence-electron chi connectivity index (χ0n) is 12.1. The van der Waals surface area contributed by atoms with E-state index in [-0.39, 0.29) is 12.5 Å². The number of aromatic nitrogens is 1. The van der Waals surface area contributed by atoms with E-state index in [1.54, 1.807) is 0 Å². The zero-order chi connectivity index (χ0) is 15.5. The lowest BCUT2D eigenvalue weighted by Crippen LogP contribution is -2.44. The van der Waals surface area contributed by atoms with E-state index in [0.717, 1.165) is 42.9 Å². The molecule has 1 aliphatic heterocycles. The van der Waals surface area contributed by atoms with Crippen LogP contribution in [0.5, 0.6) is 0 Å². The number of nitrogens with two attached hydrogens (primary N) is 1. The number of rotatable bonds is 3. The van der Waals surface area contributed by atoms with Crippen LogP contribution in [0.25, 0.3) is 10.9 Å². The van der Waals surface area contributed by atoms with Crippen LogP contribution in [0.15, 0.2) is 24.3 Å². The summed E-state index contributed by atoms with van der Waals surface area (Å²) in [5.41, 5.74) is 6.84. The molecule has 1 aromatic heterocycles. The topological polar surface area (TPSA) is 83.3 Å². The van der Waals surface area contributed by atoms with Crippen molar-refractivity contribution in [1.82, 2.24) is 10.3 Å². The van der Waals surface area contributed by atoms with Crippen molar-refractivity contribution in [3.63, 3.8) is 0 Å². The number of fused-ring (bicyclic) bond motifs is 1. The van der Waals surface area contributed by atoms with Crippen LogP contribution >= 0.6 is 11.6 Å². The van der Waals surface area contributed by atoms with Gasteiger partial charge in [0.15, 0.2) is 0 Å². The molecule has 1 fully saturated rings. The van der Waals surface area contributed by atoms with Gasteiger partial charge >= 0.3 is 0 Å². The van der Waals surface area contributed by atoms with E-state index in [1.807, 2.05) is 24.3 Å². The van der Waals surface area contributed by atoms with Crippen LogP contribution in [0.4, 0.5) is 11.5 Å². The van der Waals surface area contributed by atoms with Crippen molar-refractivity contribution in [1.29, 1.82) is 0 Å². The minimum absolute atomic E-state index is 0.0427. The number of halogens is 1. The Morgan fingerprint density at radius 1 is 1.36 bits per heavy atom. The number of pyridine rings is 1. The van der Waals surface area contributed by atoms with Gasteiger partial charge in [-0.3, -0.25) is 4.79 Å². The van der Waals surface area contributed by atoms with Crippen molar-refractivity contribution in [3.8, 4) is 0 Å². The van der Waals surface area contributed by atoms with Crippen LogP contribution in [0.1, 0.15) is 0 Å². The fraction of sp³-hybridized carbons (Fsp3) is 0.333. The average Bonchev–Trinajstić information content (AvgIpc) is 2.55. The van der Waals surface area contributed by atoms with Gasteiger partial charge in [0.2, 0.25) is 5.91 Å². The number of nitrogens with one attached hydrogen (secondary N) is 2. The molecule has 0 saturated carbocycles. The van der Waals surface area contributed by atoms with Crippen molar-refractivity contribution in [2.24, 2.45) is 5.73 Å². The summed E-state index contributed by atoms with van der Waals surface area (Å²) >= 11 is 6.39. The fourth-order valence-electron chi connectivity index (χ4n) is 2.53. The van der Waals surface area contributed by atoms with Gasteiger partial charge < -0.3 is 21.3 Å². The van der Waals surface area contributed by atoms with Gasteiger partial charge in [-0.25, -0.2) is 4.98 Å². The lowest BCUT2D eigenvalue weighted by molar-refractivity contribution is -0.114. The number of carbonyl (C=O) groups excluding carboxylic acids is 1. The van der Waals surface area contributed by atoms with E-state index in [0.29, 0.717) is 10.7 Å². The number of hydrogen-bond donors (Lipinski definition) is 3. The van der Waals surface area contributed by atoms with Crippen molar-refractivity contribution in [2.75, 3.05) is 42.9 Å². The Labute approximate surface area is 133 Å². The SMILES string of the molecule is NCC(=O)Nc1ccc2nc(N3CCNCC3)c(Cl)cc2c1. The highest BCUT2D eigenvalue weighted by Crippen LogP contribution is 2.29. The number of piperazine rings is 1. The van der Waals surface area contributed by atoms with E-state index >= 15 is 0 Å². The van der Waals surface area contributed by atoms with Crippen LogP contribution in [0, 0.1) is 0 Å². The Bertz CT molecular complexity index is 700. The molecule has 1 aliphatic rings. The Hall–Kier alpha value is -1.89. The third-order valence-electron chi connectivity index (χ3n) is 3.64. The van der Waals surface area contributed by atoms with E-state index in [1.165, 1.54) is 0 Å². The number of anilines is 2. The second-order valence-electron chi connectivity index (χ2n) is 5.19. The summed E-state index contributed by atoms with van der Waals surface area (Å²) in [6.07, 6.45) is 0. The molecular weight excluding hydrogens is 302 g/mol. The second kappa shape index (κ2) is 6.48. The summed E-state index contributed by atoms with van der Waals surface area (Å²) < 4.78 is 0. The molecule has 1 saturated heterocycles. The lowest BCUT2D eigenvalue weighted by Gasteiger charge is -2.29.